The Kier molecular flexibility index (Phi) is 10.9. The van der Waals surface area contributed by atoms with E-state index in [2.05, 4.69) is 20.8 Å². The quantitative estimate of drug-likeness (QED) is 0.713. The second kappa shape index (κ2) is 7.81. The zero-order chi connectivity index (χ0) is 9.35. The molecule has 15 heavy (non-hydrogen) atoms. The van der Waals surface area contributed by atoms with E-state index in [1.165, 1.54) is 0 Å². The summed E-state index contributed by atoms with van der Waals surface area (Å²) in [5.41, 5.74) is 0.890. The summed E-state index contributed by atoms with van der Waals surface area (Å²) in [6.45, 7) is 6.15. The van der Waals surface area contributed by atoms with Gasteiger partial charge in [0.1, 0.15) is 5.75 Å². The topological polar surface area (TPSA) is 20.2 Å². The van der Waals surface area contributed by atoms with Gasteiger partial charge in [0.2, 0.25) is 0 Å². The Labute approximate surface area is 123 Å². The fourth-order valence-electron chi connectivity index (χ4n) is 1.14. The number of phenols is 1. The largest absolute Gasteiger partial charge is 0.508 e. The molecule has 1 rings (SSSR count). The monoisotopic (exact) mass is 304 g/mol. The van der Waals surface area contributed by atoms with E-state index < -0.39 is 0 Å². The molecule has 0 unspecified atom stereocenters. The minimum atomic E-state index is -0.0331. The van der Waals surface area contributed by atoms with Crippen LogP contribution in [0, 0.1) is 0 Å². The molecule has 0 saturated heterocycles. The van der Waals surface area contributed by atoms with Crippen LogP contribution in [0.15, 0.2) is 18.2 Å². The average molecular weight is 305 g/mol. The Balaban J connectivity index is -0.000000480. The third-order valence-corrected chi connectivity index (χ3v) is 2.00. The maximum Gasteiger partial charge on any atom is 0.120 e. The van der Waals surface area contributed by atoms with Crippen LogP contribution < -0.4 is 0 Å². The smallest absolute Gasteiger partial charge is 0.120 e. The maximum atomic E-state index is 9.54. The molecule has 0 radical (unpaired) electrons. The molecule has 0 heterocycles. The van der Waals surface area contributed by atoms with E-state index in [4.69, 9.17) is 11.6 Å². The fraction of sp³-hybridized carbons (Fsp3) is 0.400. The third kappa shape index (κ3) is 6.04. The number of rotatable bonds is 0. The SMILES string of the molecule is CC(C)(C)c1ccc(Cl)cc1O.Cl.Cl.[Ti]. The Morgan fingerprint density at radius 1 is 1.13 bits per heavy atom. The van der Waals surface area contributed by atoms with Gasteiger partial charge in [-0.05, 0) is 23.1 Å². The van der Waals surface area contributed by atoms with Gasteiger partial charge in [0.25, 0.3) is 0 Å². The maximum absolute atomic E-state index is 9.54. The first-order valence-electron chi connectivity index (χ1n) is 3.90. The molecule has 0 fully saturated rings. The number of phenolic OH excluding ortho intramolecular Hbond substituents is 1. The molecule has 0 spiro atoms. The molecule has 0 aliphatic rings. The molecule has 1 nitrogen and oxygen atoms in total. The Bertz CT molecular complexity index is 297. The van der Waals surface area contributed by atoms with E-state index in [9.17, 15) is 5.11 Å². The van der Waals surface area contributed by atoms with Crippen LogP contribution in [0.25, 0.3) is 0 Å². The summed E-state index contributed by atoms with van der Waals surface area (Å²) in [4.78, 5) is 0. The molecule has 0 saturated carbocycles. The van der Waals surface area contributed by atoms with E-state index in [-0.39, 0.29) is 57.7 Å². The van der Waals surface area contributed by atoms with E-state index >= 15 is 0 Å². The van der Waals surface area contributed by atoms with Crippen molar-refractivity contribution in [2.75, 3.05) is 0 Å². The van der Waals surface area contributed by atoms with Crippen molar-refractivity contribution in [3.8, 4) is 5.75 Å². The van der Waals surface area contributed by atoms with E-state index in [1.807, 2.05) is 6.07 Å². The van der Waals surface area contributed by atoms with Crippen molar-refractivity contribution in [1.29, 1.82) is 0 Å². The predicted octanol–water partition coefficient (Wildman–Crippen LogP) is 4.18. The first-order chi connectivity index (χ1) is 5.41. The van der Waals surface area contributed by atoms with Gasteiger partial charge in [-0.25, -0.2) is 0 Å². The number of halogens is 3. The third-order valence-electron chi connectivity index (χ3n) is 1.77. The number of hydrogen-bond donors (Lipinski definition) is 1. The molecular formula is C10H15Cl3OTi. The van der Waals surface area contributed by atoms with Gasteiger partial charge in [-0.15, -0.1) is 24.8 Å². The van der Waals surface area contributed by atoms with Crippen molar-refractivity contribution < 1.29 is 26.8 Å². The van der Waals surface area contributed by atoms with Crippen LogP contribution >= 0.6 is 36.4 Å². The summed E-state index contributed by atoms with van der Waals surface area (Å²) in [6, 6.07) is 5.22. The summed E-state index contributed by atoms with van der Waals surface area (Å²) in [5, 5.41) is 10.1. The van der Waals surface area contributed by atoms with Crippen LogP contribution in [-0.4, -0.2) is 5.11 Å². The van der Waals surface area contributed by atoms with Gasteiger partial charge in [0, 0.05) is 26.7 Å². The first kappa shape index (κ1) is 20.9. The molecule has 0 aliphatic heterocycles. The molecular weight excluding hydrogens is 290 g/mol. The second-order valence-corrected chi connectivity index (χ2v) is 4.35. The molecule has 1 aromatic rings. The normalized spacial score (nSPS) is 9.33. The molecule has 0 amide bonds. The zero-order valence-electron chi connectivity index (χ0n) is 8.87. The van der Waals surface area contributed by atoms with Gasteiger partial charge in [-0.3, -0.25) is 0 Å². The summed E-state index contributed by atoms with van der Waals surface area (Å²) in [5.74, 6) is 0.273. The van der Waals surface area contributed by atoms with Crippen LogP contribution in [0.3, 0.4) is 0 Å². The van der Waals surface area contributed by atoms with Crippen molar-refractivity contribution in [2.24, 2.45) is 0 Å². The minimum absolute atomic E-state index is 0. The van der Waals surface area contributed by atoms with Crippen LogP contribution in [0.1, 0.15) is 26.3 Å². The Hall–Kier alpha value is 0.604. The summed E-state index contributed by atoms with van der Waals surface area (Å²) >= 11 is 5.71. The molecule has 86 valence electrons. The molecule has 0 bridgehead atoms. The number of hydrogen-bond acceptors (Lipinski definition) is 1. The van der Waals surface area contributed by atoms with Gasteiger partial charge < -0.3 is 5.11 Å². The molecule has 1 aromatic carbocycles. The van der Waals surface area contributed by atoms with E-state index in [0.717, 1.165) is 5.56 Å². The number of benzene rings is 1. The van der Waals surface area contributed by atoms with Crippen molar-refractivity contribution in [3.63, 3.8) is 0 Å². The van der Waals surface area contributed by atoms with Crippen molar-refractivity contribution in [1.82, 2.24) is 0 Å². The zero-order valence-corrected chi connectivity index (χ0v) is 12.8. The number of aromatic hydroxyl groups is 1. The van der Waals surface area contributed by atoms with Gasteiger partial charge in [0.15, 0.2) is 0 Å². The minimum Gasteiger partial charge on any atom is -0.508 e. The predicted molar refractivity (Wildman–Crippen MR) is 66.3 cm³/mol. The van der Waals surface area contributed by atoms with E-state index in [0.29, 0.717) is 5.02 Å². The van der Waals surface area contributed by atoms with Crippen LogP contribution in [0.4, 0.5) is 0 Å². The summed E-state index contributed by atoms with van der Waals surface area (Å²) in [6.07, 6.45) is 0. The Morgan fingerprint density at radius 2 is 1.60 bits per heavy atom. The van der Waals surface area contributed by atoms with Gasteiger partial charge in [-0.1, -0.05) is 38.4 Å². The van der Waals surface area contributed by atoms with Gasteiger partial charge >= 0.3 is 0 Å². The molecule has 0 aromatic heterocycles. The van der Waals surface area contributed by atoms with Gasteiger partial charge in [0.05, 0.1) is 0 Å². The van der Waals surface area contributed by atoms with Crippen LogP contribution in [0.2, 0.25) is 5.02 Å². The summed E-state index contributed by atoms with van der Waals surface area (Å²) in [7, 11) is 0. The molecule has 1 N–H and O–H groups in total. The van der Waals surface area contributed by atoms with Crippen LogP contribution in [-0.2, 0) is 27.1 Å². The molecule has 0 atom stereocenters. The van der Waals surface area contributed by atoms with Crippen molar-refractivity contribution in [2.45, 2.75) is 26.2 Å². The fourth-order valence-corrected chi connectivity index (χ4v) is 1.31. The van der Waals surface area contributed by atoms with Crippen LogP contribution in [0.5, 0.6) is 5.75 Å². The molecule has 5 heteroatoms. The Morgan fingerprint density at radius 3 is 1.93 bits per heavy atom. The van der Waals surface area contributed by atoms with E-state index in [1.54, 1.807) is 12.1 Å². The second-order valence-electron chi connectivity index (χ2n) is 3.91. The van der Waals surface area contributed by atoms with Crippen molar-refractivity contribution in [3.05, 3.63) is 28.8 Å². The first-order valence-corrected chi connectivity index (χ1v) is 4.28. The van der Waals surface area contributed by atoms with Crippen molar-refractivity contribution >= 4 is 36.4 Å². The standard InChI is InChI=1S/C10H13ClO.2ClH.Ti/c1-10(2,3)8-5-4-7(11)6-9(8)12;;;/h4-6,12H,1-3H3;2*1H;. The summed E-state index contributed by atoms with van der Waals surface area (Å²) < 4.78 is 0. The van der Waals surface area contributed by atoms with Gasteiger partial charge in [-0.2, -0.15) is 0 Å². The average Bonchev–Trinajstić information content (AvgIpc) is 1.83. The molecule has 0 aliphatic carbocycles.